The van der Waals surface area contributed by atoms with Crippen molar-refractivity contribution < 1.29 is 4.79 Å². The molecule has 3 heteroatoms. The van der Waals surface area contributed by atoms with Gasteiger partial charge in [0.1, 0.15) is 0 Å². The van der Waals surface area contributed by atoms with E-state index in [1.165, 1.54) is 42.5 Å². The van der Waals surface area contributed by atoms with Gasteiger partial charge in [-0.2, -0.15) is 0 Å². The SMILES string of the molecule is O=C(NC1CC2CCC1C2)c1ccc(CN2CCc3ccccc32)cc1. The Bertz CT molecular complexity index is 813. The number of hydrogen-bond donors (Lipinski definition) is 1. The van der Waals surface area contributed by atoms with Crippen molar-refractivity contribution in [2.24, 2.45) is 11.8 Å². The lowest BCUT2D eigenvalue weighted by Crippen LogP contribution is -2.38. The van der Waals surface area contributed by atoms with E-state index in [0.29, 0.717) is 6.04 Å². The second-order valence-electron chi connectivity index (χ2n) is 8.25. The molecule has 1 amide bonds. The Morgan fingerprint density at radius 3 is 2.65 bits per heavy atom. The number of hydrogen-bond acceptors (Lipinski definition) is 2. The lowest BCUT2D eigenvalue weighted by atomic mass is 9.95. The number of rotatable bonds is 4. The van der Waals surface area contributed by atoms with Crippen LogP contribution in [-0.4, -0.2) is 18.5 Å². The zero-order chi connectivity index (χ0) is 17.5. The average molecular weight is 346 g/mol. The molecule has 0 aromatic heterocycles. The number of para-hydroxylation sites is 1. The summed E-state index contributed by atoms with van der Waals surface area (Å²) in [6, 6.07) is 17.2. The Kier molecular flexibility index (Phi) is 3.96. The van der Waals surface area contributed by atoms with Crippen molar-refractivity contribution in [2.75, 3.05) is 11.4 Å². The van der Waals surface area contributed by atoms with Gasteiger partial charge < -0.3 is 10.2 Å². The van der Waals surface area contributed by atoms with E-state index in [1.807, 2.05) is 12.1 Å². The van der Waals surface area contributed by atoms with Crippen LogP contribution in [-0.2, 0) is 13.0 Å². The summed E-state index contributed by atoms with van der Waals surface area (Å²) in [5.74, 6) is 1.68. The van der Waals surface area contributed by atoms with Crippen molar-refractivity contribution >= 4 is 11.6 Å². The van der Waals surface area contributed by atoms with Gasteiger partial charge in [-0.1, -0.05) is 36.8 Å². The standard InChI is InChI=1S/C23H26N2O/c26-23(24-21-14-17-7-10-20(21)13-17)19-8-5-16(6-9-19)15-25-12-11-18-3-1-2-4-22(18)25/h1-6,8-9,17,20-21H,7,10-15H2,(H,24,26). The molecule has 5 rings (SSSR count). The van der Waals surface area contributed by atoms with Gasteiger partial charge in [-0.15, -0.1) is 0 Å². The zero-order valence-corrected chi connectivity index (χ0v) is 15.2. The third kappa shape index (κ3) is 2.90. The van der Waals surface area contributed by atoms with E-state index < -0.39 is 0 Å². The lowest BCUT2D eigenvalue weighted by Gasteiger charge is -2.23. The average Bonchev–Trinajstić information content (AvgIpc) is 3.38. The van der Waals surface area contributed by atoms with Crippen LogP contribution in [0.5, 0.6) is 0 Å². The molecule has 0 spiro atoms. The molecule has 0 saturated heterocycles. The summed E-state index contributed by atoms with van der Waals surface area (Å²) in [6.07, 6.45) is 6.29. The first-order chi connectivity index (χ1) is 12.8. The van der Waals surface area contributed by atoms with Gasteiger partial charge in [0.05, 0.1) is 0 Å². The van der Waals surface area contributed by atoms with Gasteiger partial charge in [-0.3, -0.25) is 4.79 Å². The van der Waals surface area contributed by atoms with Gasteiger partial charge in [0.2, 0.25) is 0 Å². The minimum Gasteiger partial charge on any atom is -0.367 e. The van der Waals surface area contributed by atoms with E-state index in [4.69, 9.17) is 0 Å². The maximum Gasteiger partial charge on any atom is 0.251 e. The number of nitrogens with zero attached hydrogens (tertiary/aromatic N) is 1. The van der Waals surface area contributed by atoms with Gasteiger partial charge in [0, 0.05) is 30.4 Å². The van der Waals surface area contributed by atoms with Crippen LogP contribution in [0.4, 0.5) is 5.69 Å². The Hall–Kier alpha value is -2.29. The van der Waals surface area contributed by atoms with Crippen molar-refractivity contribution in [3.8, 4) is 0 Å². The number of carbonyl (C=O) groups excluding carboxylic acids is 1. The molecule has 2 aromatic carbocycles. The number of nitrogens with one attached hydrogen (secondary N) is 1. The number of fused-ring (bicyclic) bond motifs is 3. The smallest absolute Gasteiger partial charge is 0.251 e. The van der Waals surface area contributed by atoms with Gasteiger partial charge in [-0.25, -0.2) is 0 Å². The summed E-state index contributed by atoms with van der Waals surface area (Å²) >= 11 is 0. The molecule has 1 aliphatic heterocycles. The highest BCUT2D eigenvalue weighted by molar-refractivity contribution is 5.94. The van der Waals surface area contributed by atoms with Crippen LogP contribution < -0.4 is 10.2 Å². The van der Waals surface area contributed by atoms with E-state index in [-0.39, 0.29) is 5.91 Å². The van der Waals surface area contributed by atoms with Crippen LogP contribution in [0, 0.1) is 11.8 Å². The zero-order valence-electron chi connectivity index (χ0n) is 15.2. The van der Waals surface area contributed by atoms with E-state index >= 15 is 0 Å². The quantitative estimate of drug-likeness (QED) is 0.901. The summed E-state index contributed by atoms with van der Waals surface area (Å²) in [7, 11) is 0. The van der Waals surface area contributed by atoms with Crippen LogP contribution in [0.3, 0.4) is 0 Å². The lowest BCUT2D eigenvalue weighted by molar-refractivity contribution is 0.0923. The van der Waals surface area contributed by atoms with Crippen LogP contribution in [0.25, 0.3) is 0 Å². The van der Waals surface area contributed by atoms with Gasteiger partial charge >= 0.3 is 0 Å². The number of carbonyl (C=O) groups is 1. The maximum absolute atomic E-state index is 12.6. The molecule has 3 aliphatic rings. The molecule has 3 atom stereocenters. The molecule has 2 aromatic rings. The van der Waals surface area contributed by atoms with E-state index in [9.17, 15) is 4.79 Å². The Balaban J connectivity index is 1.23. The van der Waals surface area contributed by atoms with Gasteiger partial charge in [0.15, 0.2) is 0 Å². The molecule has 134 valence electrons. The predicted octanol–water partition coefficient (Wildman–Crippen LogP) is 4.17. The highest BCUT2D eigenvalue weighted by Gasteiger charge is 2.40. The fourth-order valence-electron chi connectivity index (χ4n) is 5.23. The van der Waals surface area contributed by atoms with Crippen molar-refractivity contribution in [3.05, 3.63) is 65.2 Å². The number of anilines is 1. The Labute approximate surface area is 155 Å². The third-order valence-electron chi connectivity index (χ3n) is 6.63. The molecule has 3 nitrogen and oxygen atoms in total. The molecule has 1 N–H and O–H groups in total. The fraction of sp³-hybridized carbons (Fsp3) is 0.435. The highest BCUT2D eigenvalue weighted by Crippen LogP contribution is 2.44. The van der Waals surface area contributed by atoms with E-state index in [1.54, 1.807) is 0 Å². The molecule has 26 heavy (non-hydrogen) atoms. The maximum atomic E-state index is 12.6. The van der Waals surface area contributed by atoms with Crippen molar-refractivity contribution in [1.82, 2.24) is 5.32 Å². The van der Waals surface area contributed by atoms with Crippen LogP contribution >= 0.6 is 0 Å². The third-order valence-corrected chi connectivity index (χ3v) is 6.63. The normalized spacial score (nSPS) is 26.2. The number of amides is 1. The second-order valence-corrected chi connectivity index (χ2v) is 8.25. The summed E-state index contributed by atoms with van der Waals surface area (Å²) in [4.78, 5) is 15.0. The molecular weight excluding hydrogens is 320 g/mol. The topological polar surface area (TPSA) is 32.3 Å². The van der Waals surface area contributed by atoms with Crippen molar-refractivity contribution in [3.63, 3.8) is 0 Å². The summed E-state index contributed by atoms with van der Waals surface area (Å²) in [6.45, 7) is 1.98. The Morgan fingerprint density at radius 2 is 1.88 bits per heavy atom. The van der Waals surface area contributed by atoms with Crippen LogP contribution in [0.2, 0.25) is 0 Å². The molecule has 3 unspecified atom stereocenters. The number of benzene rings is 2. The van der Waals surface area contributed by atoms with Crippen molar-refractivity contribution in [1.29, 1.82) is 0 Å². The first-order valence-electron chi connectivity index (χ1n) is 9.99. The van der Waals surface area contributed by atoms with Crippen LogP contribution in [0.15, 0.2) is 48.5 Å². The largest absolute Gasteiger partial charge is 0.367 e. The molecule has 0 radical (unpaired) electrons. The van der Waals surface area contributed by atoms with E-state index in [0.717, 1.165) is 36.9 Å². The fourth-order valence-corrected chi connectivity index (χ4v) is 5.23. The van der Waals surface area contributed by atoms with Crippen LogP contribution in [0.1, 0.15) is 47.2 Å². The molecule has 2 aliphatic carbocycles. The predicted molar refractivity (Wildman–Crippen MR) is 104 cm³/mol. The minimum absolute atomic E-state index is 0.0978. The summed E-state index contributed by atoms with van der Waals surface area (Å²) in [5, 5.41) is 3.28. The molecule has 2 fully saturated rings. The van der Waals surface area contributed by atoms with Crippen molar-refractivity contribution in [2.45, 2.75) is 44.7 Å². The minimum atomic E-state index is 0.0978. The second kappa shape index (κ2) is 6.46. The first kappa shape index (κ1) is 15.9. The Morgan fingerprint density at radius 1 is 1.04 bits per heavy atom. The van der Waals surface area contributed by atoms with Gasteiger partial charge in [0.25, 0.3) is 5.91 Å². The molecule has 2 bridgehead atoms. The van der Waals surface area contributed by atoms with Gasteiger partial charge in [-0.05, 0) is 66.8 Å². The molecule has 2 saturated carbocycles. The van der Waals surface area contributed by atoms with E-state index in [2.05, 4.69) is 46.6 Å². The monoisotopic (exact) mass is 346 g/mol. The summed E-state index contributed by atoms with van der Waals surface area (Å²) < 4.78 is 0. The summed E-state index contributed by atoms with van der Waals surface area (Å²) in [5.41, 5.74) is 4.84. The molecular formula is C23H26N2O. The first-order valence-corrected chi connectivity index (χ1v) is 9.99. The highest BCUT2D eigenvalue weighted by atomic mass is 16.1. The molecule has 1 heterocycles.